The molecule has 0 bridgehead atoms. The van der Waals surface area contributed by atoms with Crippen LogP contribution >= 0.6 is 0 Å². The van der Waals surface area contributed by atoms with Crippen molar-refractivity contribution in [3.8, 4) is 11.6 Å². The number of nitrogens with zero attached hydrogens (tertiary/aromatic N) is 2. The first kappa shape index (κ1) is 16.6. The summed E-state index contributed by atoms with van der Waals surface area (Å²) in [5.74, 6) is 1.44. The molecule has 2 aromatic heterocycles. The molecule has 0 aliphatic heterocycles. The van der Waals surface area contributed by atoms with Gasteiger partial charge in [-0.05, 0) is 36.8 Å². The molecule has 2 aromatic carbocycles. The van der Waals surface area contributed by atoms with Crippen LogP contribution in [0, 0.1) is 0 Å². The third kappa shape index (κ3) is 2.93. The Labute approximate surface area is 151 Å². The highest BCUT2D eigenvalue weighted by Gasteiger charge is 2.17. The van der Waals surface area contributed by atoms with Gasteiger partial charge in [-0.2, -0.15) is 0 Å². The summed E-state index contributed by atoms with van der Waals surface area (Å²) in [6.45, 7) is 2.04. The Bertz CT molecular complexity index is 1140. The fraction of sp³-hybridized carbons (Fsp3) is 0.150. The highest BCUT2D eigenvalue weighted by atomic mass is 32.2. The fourth-order valence-electron chi connectivity index (χ4n) is 3.06. The van der Waals surface area contributed by atoms with E-state index in [9.17, 15) is 8.42 Å². The largest absolute Gasteiger partial charge is 0.453 e. The zero-order valence-electron chi connectivity index (χ0n) is 14.5. The molecule has 132 valence electrons. The number of hydrogen-bond donors (Lipinski definition) is 0. The van der Waals surface area contributed by atoms with Gasteiger partial charge in [-0.15, -0.1) is 0 Å². The van der Waals surface area contributed by atoms with E-state index in [1.807, 2.05) is 60.2 Å². The van der Waals surface area contributed by atoms with Gasteiger partial charge in [0.15, 0.2) is 21.4 Å². The minimum atomic E-state index is -3.20. The van der Waals surface area contributed by atoms with E-state index in [0.29, 0.717) is 10.7 Å². The third-order valence-electron chi connectivity index (χ3n) is 4.52. The van der Waals surface area contributed by atoms with Crippen LogP contribution < -0.4 is 0 Å². The lowest BCUT2D eigenvalue weighted by atomic mass is 10.1. The number of furan rings is 1. The van der Waals surface area contributed by atoms with Crippen LogP contribution in [0.5, 0.6) is 0 Å². The number of hydrogen-bond acceptors (Lipinski definition) is 4. The summed E-state index contributed by atoms with van der Waals surface area (Å²) in [5.41, 5.74) is 1.81. The van der Waals surface area contributed by atoms with Crippen LogP contribution in [0.15, 0.2) is 76.3 Å². The molecule has 2 heterocycles. The molecule has 0 radical (unpaired) electrons. The highest BCUT2D eigenvalue weighted by Crippen LogP contribution is 2.30. The number of fused-ring (bicyclic) bond motifs is 1. The summed E-state index contributed by atoms with van der Waals surface area (Å²) < 4.78 is 31.2. The molecular formula is C20H18N2O3S. The van der Waals surface area contributed by atoms with Crippen LogP contribution in [0.2, 0.25) is 0 Å². The predicted molar refractivity (Wildman–Crippen MR) is 101 cm³/mol. The normalized spacial score (nSPS) is 13.2. The summed E-state index contributed by atoms with van der Waals surface area (Å²) >= 11 is 0. The Balaban J connectivity index is 1.72. The van der Waals surface area contributed by atoms with Crippen molar-refractivity contribution in [2.24, 2.45) is 0 Å². The average molecular weight is 366 g/mol. The van der Waals surface area contributed by atoms with Crippen molar-refractivity contribution in [1.82, 2.24) is 9.55 Å². The van der Waals surface area contributed by atoms with E-state index in [1.54, 1.807) is 18.3 Å². The molecule has 0 unspecified atom stereocenters. The average Bonchev–Trinajstić information content (AvgIpc) is 3.26. The predicted octanol–water partition coefficient (Wildman–Crippen LogP) is 4.31. The van der Waals surface area contributed by atoms with Crippen molar-refractivity contribution in [2.45, 2.75) is 17.9 Å². The summed E-state index contributed by atoms with van der Waals surface area (Å²) in [5, 5.41) is 1.03. The minimum absolute atomic E-state index is 0.0191. The van der Waals surface area contributed by atoms with Crippen molar-refractivity contribution in [3.05, 3.63) is 72.6 Å². The van der Waals surface area contributed by atoms with Crippen LogP contribution in [-0.2, 0) is 9.84 Å². The van der Waals surface area contributed by atoms with Gasteiger partial charge < -0.3 is 8.98 Å². The standard InChI is InChI=1S/C20H18N2O3S/c1-14(15-7-9-17(10-8-15)26(2,23)24)22-12-11-21-20(22)19-13-16-5-3-4-6-18(16)25-19/h3-14H,1-2H3/t14-/m1/s1. The number of para-hydroxylation sites is 1. The zero-order valence-corrected chi connectivity index (χ0v) is 15.3. The maximum absolute atomic E-state index is 11.6. The summed E-state index contributed by atoms with van der Waals surface area (Å²) in [6, 6.07) is 16.8. The van der Waals surface area contributed by atoms with Gasteiger partial charge in [0.25, 0.3) is 0 Å². The second-order valence-corrected chi connectivity index (χ2v) is 8.34. The molecule has 0 fully saturated rings. The minimum Gasteiger partial charge on any atom is -0.453 e. The molecule has 0 N–H and O–H groups in total. The van der Waals surface area contributed by atoms with Crippen molar-refractivity contribution in [3.63, 3.8) is 0 Å². The van der Waals surface area contributed by atoms with Gasteiger partial charge in [0.1, 0.15) is 5.58 Å². The molecular weight excluding hydrogens is 348 g/mol. The van der Waals surface area contributed by atoms with Gasteiger partial charge in [-0.3, -0.25) is 0 Å². The van der Waals surface area contributed by atoms with Crippen LogP contribution in [0.25, 0.3) is 22.6 Å². The SMILES string of the molecule is C[C@H](c1ccc(S(C)(=O)=O)cc1)n1ccnc1-c1cc2ccccc2o1. The van der Waals surface area contributed by atoms with E-state index in [2.05, 4.69) is 4.98 Å². The lowest BCUT2D eigenvalue weighted by molar-refractivity contribution is 0.593. The van der Waals surface area contributed by atoms with Crippen molar-refractivity contribution >= 4 is 20.8 Å². The second-order valence-electron chi connectivity index (χ2n) is 6.32. The Morgan fingerprint density at radius 1 is 1.08 bits per heavy atom. The molecule has 0 aliphatic carbocycles. The summed E-state index contributed by atoms with van der Waals surface area (Å²) in [4.78, 5) is 4.77. The van der Waals surface area contributed by atoms with E-state index in [0.717, 1.165) is 22.4 Å². The van der Waals surface area contributed by atoms with E-state index in [-0.39, 0.29) is 6.04 Å². The smallest absolute Gasteiger partial charge is 0.176 e. The first-order valence-corrected chi connectivity index (χ1v) is 10.1. The monoisotopic (exact) mass is 366 g/mol. The maximum Gasteiger partial charge on any atom is 0.176 e. The van der Waals surface area contributed by atoms with Gasteiger partial charge in [-0.1, -0.05) is 30.3 Å². The number of imidazole rings is 1. The molecule has 6 heteroatoms. The fourth-order valence-corrected chi connectivity index (χ4v) is 3.69. The molecule has 0 spiro atoms. The lowest BCUT2D eigenvalue weighted by Gasteiger charge is -2.16. The van der Waals surface area contributed by atoms with Crippen molar-refractivity contribution in [1.29, 1.82) is 0 Å². The summed E-state index contributed by atoms with van der Waals surface area (Å²) in [7, 11) is -3.20. The highest BCUT2D eigenvalue weighted by molar-refractivity contribution is 7.90. The van der Waals surface area contributed by atoms with Gasteiger partial charge >= 0.3 is 0 Å². The van der Waals surface area contributed by atoms with Crippen LogP contribution in [-0.4, -0.2) is 24.2 Å². The van der Waals surface area contributed by atoms with E-state index >= 15 is 0 Å². The Morgan fingerprint density at radius 3 is 2.50 bits per heavy atom. The number of aromatic nitrogens is 2. The Morgan fingerprint density at radius 2 is 1.81 bits per heavy atom. The first-order chi connectivity index (χ1) is 12.4. The molecule has 0 amide bonds. The van der Waals surface area contributed by atoms with Crippen molar-refractivity contribution in [2.75, 3.05) is 6.26 Å². The first-order valence-electron chi connectivity index (χ1n) is 8.25. The number of rotatable bonds is 4. The molecule has 0 aliphatic rings. The maximum atomic E-state index is 11.6. The molecule has 26 heavy (non-hydrogen) atoms. The molecule has 4 rings (SSSR count). The van der Waals surface area contributed by atoms with Crippen LogP contribution in [0.3, 0.4) is 0 Å². The van der Waals surface area contributed by atoms with Crippen LogP contribution in [0.4, 0.5) is 0 Å². The molecule has 0 saturated carbocycles. The van der Waals surface area contributed by atoms with Crippen molar-refractivity contribution < 1.29 is 12.8 Å². The van der Waals surface area contributed by atoms with E-state index in [4.69, 9.17) is 4.42 Å². The van der Waals surface area contributed by atoms with Crippen LogP contribution in [0.1, 0.15) is 18.5 Å². The topological polar surface area (TPSA) is 65.1 Å². The van der Waals surface area contributed by atoms with Gasteiger partial charge in [0.2, 0.25) is 0 Å². The zero-order chi connectivity index (χ0) is 18.3. The molecule has 0 saturated heterocycles. The second kappa shape index (κ2) is 6.14. The van der Waals surface area contributed by atoms with E-state index in [1.165, 1.54) is 6.26 Å². The summed E-state index contributed by atoms with van der Waals surface area (Å²) in [6.07, 6.45) is 4.85. The lowest BCUT2D eigenvalue weighted by Crippen LogP contribution is -2.08. The Kier molecular flexibility index (Phi) is 3.92. The van der Waals surface area contributed by atoms with Gasteiger partial charge in [-0.25, -0.2) is 13.4 Å². The third-order valence-corrected chi connectivity index (χ3v) is 5.65. The van der Waals surface area contributed by atoms with Gasteiger partial charge in [0.05, 0.1) is 10.9 Å². The number of benzene rings is 2. The number of sulfone groups is 1. The quantitative estimate of drug-likeness (QED) is 0.540. The molecule has 5 nitrogen and oxygen atoms in total. The van der Waals surface area contributed by atoms with E-state index < -0.39 is 9.84 Å². The van der Waals surface area contributed by atoms with Gasteiger partial charge in [0, 0.05) is 24.0 Å². The Hall–Kier alpha value is -2.86. The molecule has 1 atom stereocenters. The molecule has 4 aromatic rings.